The number of ether oxygens (including phenoxy) is 1. The molecule has 114 valence electrons. The zero-order chi connectivity index (χ0) is 14.6. The van der Waals surface area contributed by atoms with Crippen molar-refractivity contribution in [1.82, 2.24) is 4.31 Å². The lowest BCUT2D eigenvalue weighted by Gasteiger charge is -2.31. The number of hydrogen-bond donors (Lipinski definition) is 1. The Bertz CT molecular complexity index is 525. The first-order valence-electron chi connectivity index (χ1n) is 6.85. The molecule has 1 atom stereocenters. The Labute approximate surface area is 124 Å². The van der Waals surface area contributed by atoms with Crippen molar-refractivity contribution in [2.75, 3.05) is 33.4 Å². The van der Waals surface area contributed by atoms with Crippen LogP contribution in [0.3, 0.4) is 0 Å². The van der Waals surface area contributed by atoms with Crippen molar-refractivity contribution in [2.24, 2.45) is 11.7 Å². The molecule has 1 unspecified atom stereocenters. The zero-order valence-corrected chi connectivity index (χ0v) is 13.4. The SMILES string of the molecule is COCC1CCCN(S(=O)(=O)c2ccc(CCN)s2)C1. The number of methoxy groups -OCH3 is 1. The number of hydrogen-bond acceptors (Lipinski definition) is 5. The third-order valence-electron chi connectivity index (χ3n) is 3.51. The molecule has 1 fully saturated rings. The van der Waals surface area contributed by atoms with Crippen LogP contribution < -0.4 is 5.73 Å². The van der Waals surface area contributed by atoms with Crippen LogP contribution in [0.5, 0.6) is 0 Å². The van der Waals surface area contributed by atoms with Crippen molar-refractivity contribution < 1.29 is 13.2 Å². The Balaban J connectivity index is 2.12. The number of nitrogens with zero attached hydrogens (tertiary/aromatic N) is 1. The molecule has 0 saturated carbocycles. The van der Waals surface area contributed by atoms with E-state index in [2.05, 4.69) is 0 Å². The van der Waals surface area contributed by atoms with E-state index in [1.54, 1.807) is 17.5 Å². The Morgan fingerprint density at radius 3 is 3.00 bits per heavy atom. The van der Waals surface area contributed by atoms with E-state index < -0.39 is 10.0 Å². The third kappa shape index (κ3) is 3.59. The van der Waals surface area contributed by atoms with Crippen LogP contribution in [0.2, 0.25) is 0 Å². The number of rotatable bonds is 6. The predicted octanol–water partition coefficient (Wildman–Crippen LogP) is 1.30. The standard InChI is InChI=1S/C13H22N2O3S2/c1-18-10-11-3-2-8-15(9-11)20(16,17)13-5-4-12(19-13)6-7-14/h4-5,11H,2-3,6-10,14H2,1H3. The molecular formula is C13H22N2O3S2. The molecule has 1 aromatic heterocycles. The lowest BCUT2D eigenvalue weighted by Crippen LogP contribution is -2.40. The molecule has 5 nitrogen and oxygen atoms in total. The molecule has 1 aliphatic rings. The van der Waals surface area contributed by atoms with Gasteiger partial charge in [-0.25, -0.2) is 8.42 Å². The van der Waals surface area contributed by atoms with Crippen LogP contribution in [0.4, 0.5) is 0 Å². The maximum Gasteiger partial charge on any atom is 0.252 e. The molecule has 2 heterocycles. The van der Waals surface area contributed by atoms with Crippen molar-refractivity contribution in [3.63, 3.8) is 0 Å². The van der Waals surface area contributed by atoms with E-state index in [0.717, 1.165) is 24.1 Å². The highest BCUT2D eigenvalue weighted by Crippen LogP contribution is 2.28. The van der Waals surface area contributed by atoms with Crippen LogP contribution in [0, 0.1) is 5.92 Å². The van der Waals surface area contributed by atoms with Gasteiger partial charge >= 0.3 is 0 Å². The second-order valence-electron chi connectivity index (χ2n) is 5.09. The van der Waals surface area contributed by atoms with E-state index in [-0.39, 0.29) is 0 Å². The van der Waals surface area contributed by atoms with Gasteiger partial charge in [0.1, 0.15) is 4.21 Å². The summed E-state index contributed by atoms with van der Waals surface area (Å²) in [5.41, 5.74) is 5.51. The Morgan fingerprint density at radius 1 is 1.50 bits per heavy atom. The second kappa shape index (κ2) is 7.00. The van der Waals surface area contributed by atoms with E-state index in [9.17, 15) is 8.42 Å². The van der Waals surface area contributed by atoms with Crippen LogP contribution in [0.25, 0.3) is 0 Å². The van der Waals surface area contributed by atoms with Gasteiger partial charge in [-0.15, -0.1) is 11.3 Å². The molecule has 1 aromatic rings. The smallest absolute Gasteiger partial charge is 0.252 e. The Kier molecular flexibility index (Phi) is 5.57. The van der Waals surface area contributed by atoms with Crippen LogP contribution >= 0.6 is 11.3 Å². The lowest BCUT2D eigenvalue weighted by molar-refractivity contribution is 0.118. The fourth-order valence-electron chi connectivity index (χ4n) is 2.52. The third-order valence-corrected chi connectivity index (χ3v) is 6.98. The average Bonchev–Trinajstić information content (AvgIpc) is 2.89. The van der Waals surface area contributed by atoms with Gasteiger partial charge in [-0.1, -0.05) is 0 Å². The molecular weight excluding hydrogens is 296 g/mol. The molecule has 0 amide bonds. The minimum atomic E-state index is -3.36. The van der Waals surface area contributed by atoms with Crippen molar-refractivity contribution in [2.45, 2.75) is 23.5 Å². The number of nitrogens with two attached hydrogens (primary N) is 1. The van der Waals surface area contributed by atoms with Gasteiger partial charge in [-0.3, -0.25) is 0 Å². The van der Waals surface area contributed by atoms with Gasteiger partial charge in [0.15, 0.2) is 0 Å². The zero-order valence-electron chi connectivity index (χ0n) is 11.7. The Morgan fingerprint density at radius 2 is 2.30 bits per heavy atom. The molecule has 0 aliphatic carbocycles. The highest BCUT2D eigenvalue weighted by molar-refractivity contribution is 7.91. The van der Waals surface area contributed by atoms with Crippen molar-refractivity contribution in [3.05, 3.63) is 17.0 Å². The molecule has 1 aliphatic heterocycles. The lowest BCUT2D eigenvalue weighted by atomic mass is 10.0. The van der Waals surface area contributed by atoms with Gasteiger partial charge in [0.25, 0.3) is 10.0 Å². The van der Waals surface area contributed by atoms with Crippen molar-refractivity contribution >= 4 is 21.4 Å². The summed E-state index contributed by atoms with van der Waals surface area (Å²) in [5.74, 6) is 0.298. The maximum atomic E-state index is 12.6. The van der Waals surface area contributed by atoms with Gasteiger partial charge in [-0.2, -0.15) is 4.31 Å². The molecule has 0 bridgehead atoms. The van der Waals surface area contributed by atoms with Crippen LogP contribution in [0.1, 0.15) is 17.7 Å². The van der Waals surface area contributed by atoms with E-state index >= 15 is 0 Å². The molecule has 7 heteroatoms. The summed E-state index contributed by atoms with van der Waals surface area (Å²) in [6.07, 6.45) is 2.66. The number of thiophene rings is 1. The number of piperidine rings is 1. The fraction of sp³-hybridized carbons (Fsp3) is 0.692. The molecule has 2 N–H and O–H groups in total. The van der Waals surface area contributed by atoms with Crippen LogP contribution in [-0.2, 0) is 21.2 Å². The largest absolute Gasteiger partial charge is 0.384 e. The highest BCUT2D eigenvalue weighted by atomic mass is 32.2. The van der Waals surface area contributed by atoms with Crippen molar-refractivity contribution in [3.8, 4) is 0 Å². The van der Waals surface area contributed by atoms with E-state index in [4.69, 9.17) is 10.5 Å². The van der Waals surface area contributed by atoms with Crippen molar-refractivity contribution in [1.29, 1.82) is 0 Å². The first-order chi connectivity index (χ1) is 9.57. The monoisotopic (exact) mass is 318 g/mol. The second-order valence-corrected chi connectivity index (χ2v) is 8.42. The summed E-state index contributed by atoms with van der Waals surface area (Å²) in [7, 11) is -1.70. The first-order valence-corrected chi connectivity index (χ1v) is 9.11. The minimum Gasteiger partial charge on any atom is -0.384 e. The van der Waals surface area contributed by atoms with E-state index in [1.165, 1.54) is 11.3 Å². The Hall–Kier alpha value is -0.470. The van der Waals surface area contributed by atoms with Crippen LogP contribution in [-0.4, -0.2) is 46.1 Å². The minimum absolute atomic E-state index is 0.298. The van der Waals surface area contributed by atoms with Gasteiger partial charge in [0.2, 0.25) is 0 Å². The molecule has 2 rings (SSSR count). The summed E-state index contributed by atoms with van der Waals surface area (Å²) >= 11 is 1.33. The predicted molar refractivity (Wildman–Crippen MR) is 80.4 cm³/mol. The van der Waals surface area contributed by atoms with E-state index in [1.807, 2.05) is 6.07 Å². The fourth-order valence-corrected chi connectivity index (χ4v) is 5.60. The summed E-state index contributed by atoms with van der Waals surface area (Å²) in [4.78, 5) is 1.02. The maximum absolute atomic E-state index is 12.6. The van der Waals surface area contributed by atoms with Gasteiger partial charge in [0, 0.05) is 25.1 Å². The summed E-state index contributed by atoms with van der Waals surface area (Å²) in [6.45, 7) is 2.32. The first kappa shape index (κ1) is 15.9. The van der Waals surface area contributed by atoms with Gasteiger partial charge in [0.05, 0.1) is 6.61 Å². The summed E-state index contributed by atoms with van der Waals surface area (Å²) in [5, 5.41) is 0. The van der Waals surface area contributed by atoms with Gasteiger partial charge < -0.3 is 10.5 Å². The van der Waals surface area contributed by atoms with E-state index in [0.29, 0.717) is 36.4 Å². The molecule has 1 saturated heterocycles. The average molecular weight is 318 g/mol. The molecule has 0 radical (unpaired) electrons. The summed E-state index contributed by atoms with van der Waals surface area (Å²) in [6, 6.07) is 3.56. The number of sulfonamides is 1. The van der Waals surface area contributed by atoms with Crippen LogP contribution in [0.15, 0.2) is 16.3 Å². The topological polar surface area (TPSA) is 72.6 Å². The molecule has 0 spiro atoms. The molecule has 0 aromatic carbocycles. The quantitative estimate of drug-likeness (QED) is 0.858. The normalized spacial score (nSPS) is 21.2. The molecule has 20 heavy (non-hydrogen) atoms. The summed E-state index contributed by atoms with van der Waals surface area (Å²) < 4.78 is 32.4. The highest BCUT2D eigenvalue weighted by Gasteiger charge is 2.31. The van der Waals surface area contributed by atoms with Gasteiger partial charge in [-0.05, 0) is 43.9 Å².